The number of ether oxygens (including phenoxy) is 1. The molecule has 0 saturated heterocycles. The molecule has 0 rings (SSSR count). The van der Waals surface area contributed by atoms with Gasteiger partial charge in [0, 0.05) is 12.8 Å². The van der Waals surface area contributed by atoms with E-state index in [-0.39, 0.29) is 0 Å². The summed E-state index contributed by atoms with van der Waals surface area (Å²) in [7, 11) is 1.15. The summed E-state index contributed by atoms with van der Waals surface area (Å²) < 4.78 is 4.37. The summed E-state index contributed by atoms with van der Waals surface area (Å²) in [6.07, 6.45) is 0. The quantitative estimate of drug-likeness (QED) is 0.469. The fraction of sp³-hybridized carbons (Fsp3) is 0.750. The highest BCUT2D eigenvalue weighted by molar-refractivity contribution is 5.85. The number of nitrogens with one attached hydrogen (secondary N) is 1. The molecule has 13 heavy (non-hydrogen) atoms. The molecule has 0 aliphatic rings. The molecule has 5 heteroatoms. The van der Waals surface area contributed by atoms with Crippen molar-refractivity contribution in [1.29, 1.82) is 0 Å². The van der Waals surface area contributed by atoms with E-state index < -0.39 is 23.5 Å². The van der Waals surface area contributed by atoms with Crippen LogP contribution in [0.25, 0.3) is 0 Å². The number of carbonyl (C=O) groups is 2. The summed E-state index contributed by atoms with van der Waals surface area (Å²) in [5.41, 5.74) is -1.93. The standard InChI is InChI=1S/C8H15NO4/c1-5(2)8(12,7(11)13-4)9-6(3)10/h5,12H,1-4H3,(H,9,10)/t8-/m1/s1. The monoisotopic (exact) mass is 189 g/mol. The number of rotatable bonds is 3. The third-order valence-corrected chi connectivity index (χ3v) is 1.70. The molecular formula is C8H15NO4. The third kappa shape index (κ3) is 2.69. The van der Waals surface area contributed by atoms with Gasteiger partial charge < -0.3 is 15.2 Å². The fourth-order valence-electron chi connectivity index (χ4n) is 0.855. The van der Waals surface area contributed by atoms with Crippen molar-refractivity contribution in [1.82, 2.24) is 5.32 Å². The number of carbonyl (C=O) groups excluding carboxylic acids is 2. The van der Waals surface area contributed by atoms with Crippen LogP contribution in [0.15, 0.2) is 0 Å². The molecule has 0 aromatic rings. The van der Waals surface area contributed by atoms with E-state index in [1.165, 1.54) is 6.92 Å². The van der Waals surface area contributed by atoms with E-state index in [1.807, 2.05) is 0 Å². The molecule has 0 aromatic carbocycles. The van der Waals surface area contributed by atoms with Gasteiger partial charge in [0.25, 0.3) is 0 Å². The van der Waals surface area contributed by atoms with E-state index >= 15 is 0 Å². The Bertz CT molecular complexity index is 214. The lowest BCUT2D eigenvalue weighted by atomic mass is 10.00. The van der Waals surface area contributed by atoms with Crippen molar-refractivity contribution in [3.8, 4) is 0 Å². The summed E-state index contributed by atoms with van der Waals surface area (Å²) in [5.74, 6) is -1.80. The zero-order valence-corrected chi connectivity index (χ0v) is 8.25. The van der Waals surface area contributed by atoms with E-state index in [0.29, 0.717) is 0 Å². The molecule has 0 saturated carbocycles. The summed E-state index contributed by atoms with van der Waals surface area (Å²) in [6.45, 7) is 4.43. The van der Waals surface area contributed by atoms with Crippen molar-refractivity contribution in [3.05, 3.63) is 0 Å². The Balaban J connectivity index is 4.72. The van der Waals surface area contributed by atoms with Crippen molar-refractivity contribution < 1.29 is 19.4 Å². The molecule has 0 heterocycles. The zero-order valence-electron chi connectivity index (χ0n) is 8.25. The number of amides is 1. The van der Waals surface area contributed by atoms with E-state index in [2.05, 4.69) is 10.1 Å². The van der Waals surface area contributed by atoms with Crippen molar-refractivity contribution in [2.24, 2.45) is 5.92 Å². The van der Waals surface area contributed by atoms with Gasteiger partial charge in [0.1, 0.15) is 0 Å². The molecule has 0 bridgehead atoms. The van der Waals surface area contributed by atoms with Crippen LogP contribution in [0.5, 0.6) is 0 Å². The lowest BCUT2D eigenvalue weighted by molar-refractivity contribution is -0.174. The molecular weight excluding hydrogens is 174 g/mol. The van der Waals surface area contributed by atoms with Gasteiger partial charge in [-0.25, -0.2) is 4.79 Å². The van der Waals surface area contributed by atoms with Gasteiger partial charge in [-0.05, 0) is 0 Å². The largest absolute Gasteiger partial charge is 0.465 e. The maximum absolute atomic E-state index is 11.1. The first-order valence-corrected chi connectivity index (χ1v) is 3.94. The van der Waals surface area contributed by atoms with Crippen molar-refractivity contribution >= 4 is 11.9 Å². The number of aliphatic hydroxyl groups is 1. The Morgan fingerprint density at radius 2 is 1.92 bits per heavy atom. The fourth-order valence-corrected chi connectivity index (χ4v) is 0.855. The van der Waals surface area contributed by atoms with E-state index in [9.17, 15) is 14.7 Å². The summed E-state index contributed by atoms with van der Waals surface area (Å²) in [6, 6.07) is 0. The molecule has 0 aliphatic carbocycles. The molecule has 76 valence electrons. The third-order valence-electron chi connectivity index (χ3n) is 1.70. The number of esters is 1. The predicted molar refractivity (Wildman–Crippen MR) is 45.6 cm³/mol. The van der Waals surface area contributed by atoms with Crippen LogP contribution in [0.4, 0.5) is 0 Å². The summed E-state index contributed by atoms with van der Waals surface area (Å²) in [5, 5.41) is 11.9. The molecule has 1 amide bonds. The van der Waals surface area contributed by atoms with Crippen LogP contribution in [0.2, 0.25) is 0 Å². The Morgan fingerprint density at radius 3 is 2.15 bits per heavy atom. The maximum Gasteiger partial charge on any atom is 0.359 e. The van der Waals surface area contributed by atoms with Crippen LogP contribution in [0, 0.1) is 5.92 Å². The predicted octanol–water partition coefficient (Wildman–Crippen LogP) is -0.360. The second kappa shape index (κ2) is 4.23. The topological polar surface area (TPSA) is 75.6 Å². The minimum absolute atomic E-state index is 0.455. The van der Waals surface area contributed by atoms with Crippen LogP contribution in [-0.4, -0.2) is 29.8 Å². The van der Waals surface area contributed by atoms with Crippen LogP contribution in [0.3, 0.4) is 0 Å². The molecule has 1 atom stereocenters. The van der Waals surface area contributed by atoms with Crippen LogP contribution in [-0.2, 0) is 14.3 Å². The summed E-state index contributed by atoms with van der Waals surface area (Å²) >= 11 is 0. The molecule has 0 aromatic heterocycles. The second-order valence-electron chi connectivity index (χ2n) is 3.09. The normalized spacial score (nSPS) is 14.9. The Labute approximate surface area is 77.1 Å². The molecule has 0 unspecified atom stereocenters. The first-order valence-electron chi connectivity index (χ1n) is 3.94. The molecule has 0 aliphatic heterocycles. The van der Waals surface area contributed by atoms with Gasteiger partial charge in [0.05, 0.1) is 7.11 Å². The SMILES string of the molecule is COC(=O)[C@@](O)(NC(C)=O)C(C)C. The highest BCUT2D eigenvalue weighted by Crippen LogP contribution is 2.15. The highest BCUT2D eigenvalue weighted by atomic mass is 16.5. The van der Waals surface area contributed by atoms with E-state index in [0.717, 1.165) is 7.11 Å². The minimum atomic E-state index is -1.93. The highest BCUT2D eigenvalue weighted by Gasteiger charge is 2.41. The Kier molecular flexibility index (Phi) is 3.87. The number of methoxy groups -OCH3 is 1. The molecule has 0 fully saturated rings. The minimum Gasteiger partial charge on any atom is -0.465 e. The zero-order chi connectivity index (χ0) is 10.6. The van der Waals surface area contributed by atoms with Gasteiger partial charge in [-0.2, -0.15) is 0 Å². The first kappa shape index (κ1) is 11.9. The van der Waals surface area contributed by atoms with Crippen LogP contribution < -0.4 is 5.32 Å². The van der Waals surface area contributed by atoms with Crippen molar-refractivity contribution in [2.45, 2.75) is 26.5 Å². The van der Waals surface area contributed by atoms with Gasteiger partial charge in [-0.1, -0.05) is 13.8 Å². The Hall–Kier alpha value is -1.10. The molecule has 0 radical (unpaired) electrons. The summed E-state index contributed by atoms with van der Waals surface area (Å²) in [4.78, 5) is 21.8. The van der Waals surface area contributed by atoms with Gasteiger partial charge in [0.15, 0.2) is 0 Å². The number of hydrogen-bond acceptors (Lipinski definition) is 4. The second-order valence-corrected chi connectivity index (χ2v) is 3.09. The van der Waals surface area contributed by atoms with Crippen molar-refractivity contribution in [3.63, 3.8) is 0 Å². The lowest BCUT2D eigenvalue weighted by Gasteiger charge is -2.29. The van der Waals surface area contributed by atoms with E-state index in [4.69, 9.17) is 0 Å². The van der Waals surface area contributed by atoms with Crippen molar-refractivity contribution in [2.75, 3.05) is 7.11 Å². The van der Waals surface area contributed by atoms with Gasteiger partial charge in [-0.15, -0.1) is 0 Å². The van der Waals surface area contributed by atoms with Crippen LogP contribution >= 0.6 is 0 Å². The smallest absolute Gasteiger partial charge is 0.359 e. The average molecular weight is 189 g/mol. The van der Waals surface area contributed by atoms with Gasteiger partial charge in [0.2, 0.25) is 11.6 Å². The molecule has 5 nitrogen and oxygen atoms in total. The van der Waals surface area contributed by atoms with E-state index in [1.54, 1.807) is 13.8 Å². The van der Waals surface area contributed by atoms with Gasteiger partial charge in [-0.3, -0.25) is 4.79 Å². The van der Waals surface area contributed by atoms with Gasteiger partial charge >= 0.3 is 5.97 Å². The Morgan fingerprint density at radius 1 is 1.46 bits per heavy atom. The molecule has 0 spiro atoms. The van der Waals surface area contributed by atoms with Crippen LogP contribution in [0.1, 0.15) is 20.8 Å². The number of hydrogen-bond donors (Lipinski definition) is 2. The molecule has 2 N–H and O–H groups in total. The maximum atomic E-state index is 11.1. The average Bonchev–Trinajstić information content (AvgIpc) is 2.01. The first-order chi connectivity index (χ1) is 5.84. The lowest BCUT2D eigenvalue weighted by Crippen LogP contribution is -2.58.